The van der Waals surface area contributed by atoms with Gasteiger partial charge in [-0.1, -0.05) is 31.2 Å². The second-order valence-electron chi connectivity index (χ2n) is 5.43. The van der Waals surface area contributed by atoms with E-state index in [9.17, 15) is 0 Å². The first-order valence-electron chi connectivity index (χ1n) is 7.14. The van der Waals surface area contributed by atoms with Gasteiger partial charge in [0, 0.05) is 12.6 Å². The van der Waals surface area contributed by atoms with Crippen molar-refractivity contribution >= 4 is 0 Å². The normalized spacial score (nSPS) is 28.3. The summed E-state index contributed by atoms with van der Waals surface area (Å²) in [5.41, 5.74) is 2.89. The molecule has 0 amide bonds. The van der Waals surface area contributed by atoms with Crippen molar-refractivity contribution in [3.8, 4) is 0 Å². The lowest BCUT2D eigenvalue weighted by Crippen LogP contribution is -2.41. The first kappa shape index (κ1) is 13.6. The predicted molar refractivity (Wildman–Crippen MR) is 75.7 cm³/mol. The molecule has 0 aliphatic carbocycles. The van der Waals surface area contributed by atoms with Crippen molar-refractivity contribution in [3.63, 3.8) is 0 Å². The number of benzene rings is 1. The van der Waals surface area contributed by atoms with E-state index in [0.717, 1.165) is 25.8 Å². The largest absolute Gasteiger partial charge is 0.375 e. The quantitative estimate of drug-likeness (QED) is 0.881. The minimum Gasteiger partial charge on any atom is -0.375 e. The Morgan fingerprint density at radius 2 is 1.72 bits per heavy atom. The maximum absolute atomic E-state index is 5.77. The molecule has 2 rings (SSSR count). The summed E-state index contributed by atoms with van der Waals surface area (Å²) in [5, 5.41) is 3.69. The Balaban J connectivity index is 1.91. The van der Waals surface area contributed by atoms with E-state index in [1.54, 1.807) is 0 Å². The zero-order valence-corrected chi connectivity index (χ0v) is 11.8. The second-order valence-corrected chi connectivity index (χ2v) is 5.43. The lowest BCUT2D eigenvalue weighted by Gasteiger charge is -2.32. The van der Waals surface area contributed by atoms with E-state index in [1.165, 1.54) is 11.1 Å². The summed E-state index contributed by atoms with van der Waals surface area (Å²) >= 11 is 0. The van der Waals surface area contributed by atoms with Crippen LogP contribution in [0.25, 0.3) is 0 Å². The standard InChI is InChI=1S/C16H25NO/c1-4-14-7-5-6-8-15(14)11-17-16-9-12(2)18-13(3)10-16/h5-8,12-13,16-17H,4,9-11H2,1-3H3. The van der Waals surface area contributed by atoms with E-state index in [4.69, 9.17) is 4.74 Å². The van der Waals surface area contributed by atoms with Gasteiger partial charge in [0.15, 0.2) is 0 Å². The van der Waals surface area contributed by atoms with E-state index in [-0.39, 0.29) is 0 Å². The predicted octanol–water partition coefficient (Wildman–Crippen LogP) is 3.29. The molecule has 0 spiro atoms. The lowest BCUT2D eigenvalue weighted by molar-refractivity contribution is -0.0423. The molecule has 2 nitrogen and oxygen atoms in total. The zero-order valence-electron chi connectivity index (χ0n) is 11.8. The number of hydrogen-bond acceptors (Lipinski definition) is 2. The van der Waals surface area contributed by atoms with Crippen LogP contribution >= 0.6 is 0 Å². The Morgan fingerprint density at radius 3 is 2.33 bits per heavy atom. The molecule has 1 aliphatic heterocycles. The van der Waals surface area contributed by atoms with E-state index < -0.39 is 0 Å². The van der Waals surface area contributed by atoms with Gasteiger partial charge < -0.3 is 10.1 Å². The Hall–Kier alpha value is -0.860. The zero-order chi connectivity index (χ0) is 13.0. The monoisotopic (exact) mass is 247 g/mol. The Bertz CT molecular complexity index is 367. The molecule has 1 aliphatic rings. The van der Waals surface area contributed by atoms with Crippen molar-refractivity contribution in [2.24, 2.45) is 0 Å². The maximum atomic E-state index is 5.77. The molecule has 1 aromatic carbocycles. The summed E-state index contributed by atoms with van der Waals surface area (Å²) in [6, 6.07) is 9.31. The highest BCUT2D eigenvalue weighted by molar-refractivity contribution is 5.26. The third-order valence-corrected chi connectivity index (χ3v) is 3.78. The van der Waals surface area contributed by atoms with Gasteiger partial charge in [-0.2, -0.15) is 0 Å². The van der Waals surface area contributed by atoms with Crippen LogP contribution in [0.4, 0.5) is 0 Å². The maximum Gasteiger partial charge on any atom is 0.0565 e. The van der Waals surface area contributed by atoms with Gasteiger partial charge in [-0.3, -0.25) is 0 Å². The second kappa shape index (κ2) is 6.35. The summed E-state index contributed by atoms with van der Waals surface area (Å²) in [5.74, 6) is 0. The molecule has 0 bridgehead atoms. The molecule has 2 unspecified atom stereocenters. The highest BCUT2D eigenvalue weighted by atomic mass is 16.5. The minimum absolute atomic E-state index is 0.382. The van der Waals surface area contributed by atoms with Gasteiger partial charge in [-0.25, -0.2) is 0 Å². The molecular formula is C16H25NO. The average molecular weight is 247 g/mol. The molecule has 1 heterocycles. The first-order valence-corrected chi connectivity index (χ1v) is 7.14. The molecule has 1 saturated heterocycles. The molecule has 1 fully saturated rings. The molecular weight excluding hydrogens is 222 g/mol. The van der Waals surface area contributed by atoms with Crippen LogP contribution in [0.3, 0.4) is 0 Å². The fourth-order valence-electron chi connectivity index (χ4n) is 2.90. The minimum atomic E-state index is 0.382. The van der Waals surface area contributed by atoms with Crippen LogP contribution in [0.15, 0.2) is 24.3 Å². The van der Waals surface area contributed by atoms with Gasteiger partial charge in [0.05, 0.1) is 12.2 Å². The Kier molecular flexibility index (Phi) is 4.79. The van der Waals surface area contributed by atoms with Crippen molar-refractivity contribution in [1.29, 1.82) is 0 Å². The molecule has 100 valence electrons. The van der Waals surface area contributed by atoms with Crippen LogP contribution in [0.1, 0.15) is 44.7 Å². The van der Waals surface area contributed by atoms with Crippen molar-refractivity contribution in [2.45, 2.75) is 64.8 Å². The summed E-state index contributed by atoms with van der Waals surface area (Å²) in [6.07, 6.45) is 4.12. The van der Waals surface area contributed by atoms with Crippen molar-refractivity contribution in [1.82, 2.24) is 5.32 Å². The van der Waals surface area contributed by atoms with Crippen LogP contribution in [-0.2, 0) is 17.7 Å². The van der Waals surface area contributed by atoms with Crippen LogP contribution in [0.2, 0.25) is 0 Å². The van der Waals surface area contributed by atoms with E-state index in [0.29, 0.717) is 18.2 Å². The number of aryl methyl sites for hydroxylation is 1. The average Bonchev–Trinajstić information content (AvgIpc) is 2.35. The van der Waals surface area contributed by atoms with Crippen LogP contribution in [-0.4, -0.2) is 18.2 Å². The molecule has 0 saturated carbocycles. The lowest BCUT2D eigenvalue weighted by atomic mass is 9.99. The number of rotatable bonds is 4. The van der Waals surface area contributed by atoms with E-state index in [1.807, 2.05) is 0 Å². The number of nitrogens with one attached hydrogen (secondary N) is 1. The van der Waals surface area contributed by atoms with Crippen LogP contribution < -0.4 is 5.32 Å². The molecule has 1 N–H and O–H groups in total. The number of hydrogen-bond donors (Lipinski definition) is 1. The first-order chi connectivity index (χ1) is 8.69. The van der Waals surface area contributed by atoms with Gasteiger partial charge in [0.2, 0.25) is 0 Å². The summed E-state index contributed by atoms with van der Waals surface area (Å²) < 4.78 is 5.77. The highest BCUT2D eigenvalue weighted by Crippen LogP contribution is 2.19. The van der Waals surface area contributed by atoms with Crippen LogP contribution in [0.5, 0.6) is 0 Å². The van der Waals surface area contributed by atoms with E-state index in [2.05, 4.69) is 50.4 Å². The SMILES string of the molecule is CCc1ccccc1CNC1CC(C)OC(C)C1. The molecule has 2 heteroatoms. The van der Waals surface area contributed by atoms with Gasteiger partial charge in [-0.05, 0) is 44.2 Å². The smallest absolute Gasteiger partial charge is 0.0565 e. The molecule has 0 aromatic heterocycles. The molecule has 18 heavy (non-hydrogen) atoms. The summed E-state index contributed by atoms with van der Waals surface area (Å²) in [4.78, 5) is 0. The van der Waals surface area contributed by atoms with Crippen molar-refractivity contribution in [2.75, 3.05) is 0 Å². The van der Waals surface area contributed by atoms with Gasteiger partial charge in [0.1, 0.15) is 0 Å². The third-order valence-electron chi connectivity index (χ3n) is 3.78. The fourth-order valence-corrected chi connectivity index (χ4v) is 2.90. The summed E-state index contributed by atoms with van der Waals surface area (Å²) in [7, 11) is 0. The molecule has 2 atom stereocenters. The Morgan fingerprint density at radius 1 is 1.11 bits per heavy atom. The van der Waals surface area contributed by atoms with Crippen molar-refractivity contribution in [3.05, 3.63) is 35.4 Å². The molecule has 1 aromatic rings. The third kappa shape index (κ3) is 3.56. The number of ether oxygens (including phenoxy) is 1. The Labute approximate surface area is 111 Å². The highest BCUT2D eigenvalue weighted by Gasteiger charge is 2.23. The van der Waals surface area contributed by atoms with Gasteiger partial charge in [0.25, 0.3) is 0 Å². The van der Waals surface area contributed by atoms with Crippen molar-refractivity contribution < 1.29 is 4.74 Å². The fraction of sp³-hybridized carbons (Fsp3) is 0.625. The topological polar surface area (TPSA) is 21.3 Å². The van der Waals surface area contributed by atoms with E-state index >= 15 is 0 Å². The summed E-state index contributed by atoms with van der Waals surface area (Å²) in [6.45, 7) is 7.54. The van der Waals surface area contributed by atoms with Crippen LogP contribution in [0, 0.1) is 0 Å². The van der Waals surface area contributed by atoms with Gasteiger partial charge >= 0.3 is 0 Å². The van der Waals surface area contributed by atoms with Gasteiger partial charge in [-0.15, -0.1) is 0 Å². The molecule has 0 radical (unpaired) electrons.